The van der Waals surface area contributed by atoms with Crippen LogP contribution >= 0.6 is 11.6 Å². The molecule has 0 radical (unpaired) electrons. The lowest BCUT2D eigenvalue weighted by Gasteiger charge is -2.10. The topological polar surface area (TPSA) is 104 Å². The highest BCUT2D eigenvalue weighted by Crippen LogP contribution is 2.25. The van der Waals surface area contributed by atoms with Crippen LogP contribution < -0.4 is 0 Å². The zero-order valence-electron chi connectivity index (χ0n) is 11.4. The number of esters is 1. The van der Waals surface area contributed by atoms with Gasteiger partial charge in [0.05, 0.1) is 29.5 Å². The number of nitrogens with zero attached hydrogens (tertiary/aromatic N) is 1. The smallest absolute Gasteiger partial charge is 0.309 e. The van der Waals surface area contributed by atoms with Gasteiger partial charge in [-0.25, -0.2) is 8.42 Å². The van der Waals surface area contributed by atoms with Gasteiger partial charge >= 0.3 is 5.97 Å². The molecule has 7 nitrogen and oxygen atoms in total. The number of benzene rings is 1. The van der Waals surface area contributed by atoms with E-state index in [1.54, 1.807) is 0 Å². The number of carbonyl (C=O) groups is 1. The Labute approximate surface area is 126 Å². The van der Waals surface area contributed by atoms with Gasteiger partial charge in [0.15, 0.2) is 9.84 Å². The minimum atomic E-state index is -3.73. The highest BCUT2D eigenvalue weighted by Gasteiger charge is 2.25. The molecule has 0 bridgehead atoms. The molecule has 0 aliphatic heterocycles. The molecule has 0 saturated carbocycles. The van der Waals surface area contributed by atoms with Crippen LogP contribution in [0.2, 0.25) is 5.02 Å². The maximum Gasteiger partial charge on any atom is 0.309 e. The van der Waals surface area contributed by atoms with Gasteiger partial charge in [-0.1, -0.05) is 18.5 Å². The Bertz CT molecular complexity index is 658. The predicted molar refractivity (Wildman–Crippen MR) is 76.8 cm³/mol. The van der Waals surface area contributed by atoms with Gasteiger partial charge in [-0.3, -0.25) is 14.9 Å². The fraction of sp³-hybridized carbons (Fsp3) is 0.417. The number of nitro benzene ring substituents is 1. The Morgan fingerprint density at radius 2 is 2.10 bits per heavy atom. The first-order valence-corrected chi connectivity index (χ1v) is 8.07. The molecule has 0 heterocycles. The van der Waals surface area contributed by atoms with Crippen molar-refractivity contribution < 1.29 is 22.9 Å². The predicted octanol–water partition coefficient (Wildman–Crippen LogP) is 1.97. The maximum atomic E-state index is 12.0. The summed E-state index contributed by atoms with van der Waals surface area (Å²) in [5.41, 5.74) is -0.335. The van der Waals surface area contributed by atoms with Crippen molar-refractivity contribution in [2.24, 2.45) is 5.92 Å². The molecule has 0 aromatic heterocycles. The summed E-state index contributed by atoms with van der Waals surface area (Å²) in [5, 5.41) is 11.1. The van der Waals surface area contributed by atoms with Crippen LogP contribution in [0.25, 0.3) is 0 Å². The molecule has 0 amide bonds. The first-order chi connectivity index (χ1) is 9.66. The van der Waals surface area contributed by atoms with Gasteiger partial charge in [-0.15, -0.1) is 0 Å². The highest BCUT2D eigenvalue weighted by atomic mass is 35.5. The van der Waals surface area contributed by atoms with Crippen molar-refractivity contribution in [1.29, 1.82) is 0 Å². The molecule has 0 aliphatic carbocycles. The molecule has 0 N–H and O–H groups in total. The van der Waals surface area contributed by atoms with Crippen LogP contribution in [0.15, 0.2) is 18.2 Å². The van der Waals surface area contributed by atoms with E-state index in [0.717, 1.165) is 13.2 Å². The van der Waals surface area contributed by atoms with Crippen molar-refractivity contribution in [3.63, 3.8) is 0 Å². The Morgan fingerprint density at radius 1 is 1.48 bits per heavy atom. The first-order valence-electron chi connectivity index (χ1n) is 5.87. The Kier molecular flexibility index (Phi) is 5.68. The second-order valence-electron chi connectivity index (χ2n) is 4.51. The molecule has 9 heteroatoms. The average molecular weight is 336 g/mol. The number of nitro groups is 1. The van der Waals surface area contributed by atoms with Crippen molar-refractivity contribution in [2.75, 3.05) is 12.9 Å². The number of halogens is 1. The van der Waals surface area contributed by atoms with Gasteiger partial charge in [-0.05, 0) is 12.1 Å². The van der Waals surface area contributed by atoms with Gasteiger partial charge in [-0.2, -0.15) is 0 Å². The molecule has 0 fully saturated rings. The fourth-order valence-corrected chi connectivity index (χ4v) is 3.71. The number of carbonyl (C=O) groups excluding carboxylic acids is 1. The summed E-state index contributed by atoms with van der Waals surface area (Å²) in [5.74, 6) is -2.52. The molecule has 1 atom stereocenters. The summed E-state index contributed by atoms with van der Waals surface area (Å²) in [6, 6.07) is 3.70. The molecular weight excluding hydrogens is 322 g/mol. The third kappa shape index (κ3) is 4.98. The van der Waals surface area contributed by atoms with Crippen LogP contribution in [0, 0.1) is 16.0 Å². The monoisotopic (exact) mass is 335 g/mol. The maximum absolute atomic E-state index is 12.0. The minimum absolute atomic E-state index is 0.00966. The highest BCUT2D eigenvalue weighted by molar-refractivity contribution is 7.90. The quantitative estimate of drug-likeness (QED) is 0.447. The normalized spacial score (nSPS) is 12.7. The second-order valence-corrected chi connectivity index (χ2v) is 7.05. The van der Waals surface area contributed by atoms with E-state index < -0.39 is 38.2 Å². The largest absolute Gasteiger partial charge is 0.469 e. The lowest BCUT2D eigenvalue weighted by Crippen LogP contribution is -2.23. The van der Waals surface area contributed by atoms with Crippen LogP contribution in [0.4, 0.5) is 5.69 Å². The van der Waals surface area contributed by atoms with Gasteiger partial charge in [0, 0.05) is 16.7 Å². The molecule has 1 rings (SSSR count). The molecule has 1 aromatic rings. The van der Waals surface area contributed by atoms with E-state index in [9.17, 15) is 23.3 Å². The molecule has 21 heavy (non-hydrogen) atoms. The van der Waals surface area contributed by atoms with E-state index in [2.05, 4.69) is 4.74 Å². The van der Waals surface area contributed by atoms with Crippen molar-refractivity contribution in [3.8, 4) is 0 Å². The summed E-state index contributed by atoms with van der Waals surface area (Å²) in [6.07, 6.45) is 0. The summed E-state index contributed by atoms with van der Waals surface area (Å²) in [6.45, 7) is 1.41. The molecule has 116 valence electrons. The molecular formula is C12H14ClNO6S. The van der Waals surface area contributed by atoms with Gasteiger partial charge in [0.2, 0.25) is 0 Å². The fourth-order valence-electron chi connectivity index (χ4n) is 1.79. The molecule has 1 aromatic carbocycles. The Morgan fingerprint density at radius 3 is 2.62 bits per heavy atom. The van der Waals surface area contributed by atoms with E-state index in [4.69, 9.17) is 11.6 Å². The number of methoxy groups -OCH3 is 1. The van der Waals surface area contributed by atoms with Crippen molar-refractivity contribution in [2.45, 2.75) is 12.7 Å². The zero-order valence-corrected chi connectivity index (χ0v) is 13.0. The Balaban J connectivity index is 3.02. The average Bonchev–Trinajstić information content (AvgIpc) is 2.36. The first kappa shape index (κ1) is 17.4. The second kappa shape index (κ2) is 6.86. The van der Waals surface area contributed by atoms with Crippen molar-refractivity contribution in [1.82, 2.24) is 0 Å². The molecule has 1 unspecified atom stereocenters. The molecule has 0 saturated heterocycles. The van der Waals surface area contributed by atoms with E-state index in [0.29, 0.717) is 0 Å². The molecule has 0 spiro atoms. The Hall–Kier alpha value is -1.67. The van der Waals surface area contributed by atoms with E-state index in [1.807, 2.05) is 0 Å². The summed E-state index contributed by atoms with van der Waals surface area (Å²) in [7, 11) is -2.57. The van der Waals surface area contributed by atoms with E-state index in [-0.39, 0.29) is 16.3 Å². The molecule has 0 aliphatic rings. The number of rotatable bonds is 6. The van der Waals surface area contributed by atoms with Crippen LogP contribution in [-0.4, -0.2) is 32.2 Å². The SMILES string of the molecule is COC(=O)C(C)CS(=O)(=O)Cc1cc(Cl)ccc1[N+](=O)[O-]. The summed E-state index contributed by atoms with van der Waals surface area (Å²) < 4.78 is 28.5. The zero-order chi connectivity index (χ0) is 16.2. The lowest BCUT2D eigenvalue weighted by atomic mass is 10.2. The third-order valence-electron chi connectivity index (χ3n) is 2.72. The standard InChI is InChI=1S/C12H14ClNO6S/c1-8(12(15)20-2)6-21(18,19)7-9-5-10(13)3-4-11(9)14(16)17/h3-5,8H,6-7H2,1-2H3. The van der Waals surface area contributed by atoms with Crippen LogP contribution in [0.5, 0.6) is 0 Å². The van der Waals surface area contributed by atoms with Crippen LogP contribution in [0.1, 0.15) is 12.5 Å². The van der Waals surface area contributed by atoms with Gasteiger partial charge in [0.1, 0.15) is 0 Å². The van der Waals surface area contributed by atoms with E-state index >= 15 is 0 Å². The number of hydrogen-bond donors (Lipinski definition) is 0. The van der Waals surface area contributed by atoms with Crippen LogP contribution in [-0.2, 0) is 25.1 Å². The van der Waals surface area contributed by atoms with Crippen LogP contribution in [0.3, 0.4) is 0 Å². The lowest BCUT2D eigenvalue weighted by molar-refractivity contribution is -0.385. The van der Waals surface area contributed by atoms with Crippen molar-refractivity contribution >= 4 is 33.1 Å². The third-order valence-corrected chi connectivity index (χ3v) is 4.71. The number of hydrogen-bond acceptors (Lipinski definition) is 6. The van der Waals surface area contributed by atoms with Gasteiger partial charge in [0.25, 0.3) is 5.69 Å². The minimum Gasteiger partial charge on any atom is -0.469 e. The van der Waals surface area contributed by atoms with Gasteiger partial charge < -0.3 is 4.74 Å². The number of sulfone groups is 1. The number of ether oxygens (including phenoxy) is 1. The summed E-state index contributed by atoms with van der Waals surface area (Å²) in [4.78, 5) is 21.5. The summed E-state index contributed by atoms with van der Waals surface area (Å²) >= 11 is 5.74. The van der Waals surface area contributed by atoms with Crippen molar-refractivity contribution in [3.05, 3.63) is 38.9 Å². The van der Waals surface area contributed by atoms with E-state index in [1.165, 1.54) is 19.1 Å².